The highest BCUT2D eigenvalue weighted by Crippen LogP contribution is 2.39. The van der Waals surface area contributed by atoms with E-state index in [9.17, 15) is 13.2 Å². The quantitative estimate of drug-likeness (QED) is 0.518. The molecule has 0 saturated carbocycles. The van der Waals surface area contributed by atoms with Gasteiger partial charge in [0.1, 0.15) is 11.1 Å². The Hall–Kier alpha value is -2.71. The van der Waals surface area contributed by atoms with Gasteiger partial charge < -0.3 is 9.80 Å². The zero-order valence-corrected chi connectivity index (χ0v) is 23.4. The smallest absolute Gasteiger partial charge is 0.221 e. The number of carbonyl (C=O) groups is 1. The van der Waals surface area contributed by atoms with E-state index in [1.54, 1.807) is 12.1 Å². The van der Waals surface area contributed by atoms with Gasteiger partial charge in [0, 0.05) is 68.2 Å². The molecule has 2 atom stereocenters. The summed E-state index contributed by atoms with van der Waals surface area (Å²) in [6.07, 6.45) is 4.59. The summed E-state index contributed by atoms with van der Waals surface area (Å²) >= 11 is 0. The summed E-state index contributed by atoms with van der Waals surface area (Å²) in [6, 6.07) is 14.3. The van der Waals surface area contributed by atoms with Crippen LogP contribution in [0.3, 0.4) is 0 Å². The molecule has 2 aromatic carbocycles. The standard InChI is InChI=1S/C30H38FN3O3S/c1-22-9-12-29(23-7-5-4-6-8-23)38(36,37)34(22)21-24-10-11-25(18-28(24)31)32-13-15-33(16-14-32)26-17-27(35)20-30(2,3)19-26/h4-8,10-11,17-18,22,29H,9,12-16,19-21H2,1-3H3/t22-,29?/m0/s1. The topological polar surface area (TPSA) is 60.9 Å². The lowest BCUT2D eigenvalue weighted by molar-refractivity contribution is -0.117. The minimum Gasteiger partial charge on any atom is -0.371 e. The molecule has 0 N–H and O–H groups in total. The molecule has 2 fully saturated rings. The largest absolute Gasteiger partial charge is 0.371 e. The van der Waals surface area contributed by atoms with E-state index in [1.807, 2.05) is 43.3 Å². The van der Waals surface area contributed by atoms with Crippen molar-refractivity contribution in [3.8, 4) is 0 Å². The van der Waals surface area contributed by atoms with Gasteiger partial charge in [0.25, 0.3) is 0 Å². The van der Waals surface area contributed by atoms with Crippen LogP contribution < -0.4 is 4.90 Å². The molecule has 1 aliphatic carbocycles. The van der Waals surface area contributed by atoms with Gasteiger partial charge in [-0.1, -0.05) is 50.2 Å². The fourth-order valence-corrected chi connectivity index (χ4v) is 8.34. The number of hydrogen-bond acceptors (Lipinski definition) is 5. The maximum atomic E-state index is 15.3. The van der Waals surface area contributed by atoms with Gasteiger partial charge in [0.2, 0.25) is 10.0 Å². The summed E-state index contributed by atoms with van der Waals surface area (Å²) in [5, 5.41) is -0.598. The van der Waals surface area contributed by atoms with Crippen molar-refractivity contribution in [3.05, 3.63) is 77.2 Å². The third kappa shape index (κ3) is 5.52. The van der Waals surface area contributed by atoms with Crippen LogP contribution in [0.25, 0.3) is 0 Å². The van der Waals surface area contributed by atoms with Crippen LogP contribution in [0.5, 0.6) is 0 Å². The Balaban J connectivity index is 1.26. The maximum absolute atomic E-state index is 15.3. The van der Waals surface area contributed by atoms with Crippen LogP contribution in [-0.2, 0) is 21.4 Å². The Bertz CT molecular complexity index is 1320. The van der Waals surface area contributed by atoms with E-state index >= 15 is 4.39 Å². The van der Waals surface area contributed by atoms with Gasteiger partial charge in [0.05, 0.1) is 0 Å². The van der Waals surface area contributed by atoms with Crippen LogP contribution in [0.1, 0.15) is 62.8 Å². The van der Waals surface area contributed by atoms with E-state index in [2.05, 4.69) is 23.6 Å². The fraction of sp³-hybridized carbons (Fsp3) is 0.500. The number of anilines is 1. The van der Waals surface area contributed by atoms with Crippen LogP contribution in [-0.4, -0.2) is 55.6 Å². The number of ketones is 1. The van der Waals surface area contributed by atoms with Crippen molar-refractivity contribution in [2.45, 2.75) is 64.3 Å². The summed E-state index contributed by atoms with van der Waals surface area (Å²) in [6.45, 7) is 9.24. The highest BCUT2D eigenvalue weighted by atomic mass is 32.2. The van der Waals surface area contributed by atoms with Crippen molar-refractivity contribution < 1.29 is 17.6 Å². The van der Waals surface area contributed by atoms with E-state index in [0.717, 1.165) is 56.0 Å². The average molecular weight is 540 g/mol. The number of piperazine rings is 1. The monoisotopic (exact) mass is 539 g/mol. The molecule has 2 aromatic rings. The van der Waals surface area contributed by atoms with Gasteiger partial charge in [-0.2, -0.15) is 4.31 Å². The highest BCUT2D eigenvalue weighted by molar-refractivity contribution is 7.89. The summed E-state index contributed by atoms with van der Waals surface area (Å²) in [4.78, 5) is 16.6. The molecule has 204 valence electrons. The zero-order valence-electron chi connectivity index (χ0n) is 22.6. The molecule has 2 saturated heterocycles. The molecule has 3 aliphatic rings. The van der Waals surface area contributed by atoms with Gasteiger partial charge in [-0.05, 0) is 49.3 Å². The molecule has 0 amide bonds. The fourth-order valence-electron chi connectivity index (χ4n) is 6.15. The van der Waals surface area contributed by atoms with Crippen LogP contribution in [0.2, 0.25) is 0 Å². The van der Waals surface area contributed by atoms with Gasteiger partial charge in [-0.25, -0.2) is 12.8 Å². The number of hydrogen-bond donors (Lipinski definition) is 0. The minimum atomic E-state index is -3.62. The van der Waals surface area contributed by atoms with Gasteiger partial charge in [0.15, 0.2) is 5.78 Å². The van der Waals surface area contributed by atoms with Crippen molar-refractivity contribution in [1.29, 1.82) is 0 Å². The van der Waals surface area contributed by atoms with Gasteiger partial charge in [-0.3, -0.25) is 4.79 Å². The normalized spacial score (nSPS) is 25.8. The van der Waals surface area contributed by atoms with Crippen molar-refractivity contribution in [1.82, 2.24) is 9.21 Å². The van der Waals surface area contributed by atoms with Crippen molar-refractivity contribution in [3.63, 3.8) is 0 Å². The number of sulfonamides is 1. The van der Waals surface area contributed by atoms with Crippen LogP contribution in [0.15, 0.2) is 60.3 Å². The average Bonchev–Trinajstić information content (AvgIpc) is 2.86. The number of nitrogens with zero attached hydrogens (tertiary/aromatic N) is 3. The summed E-state index contributed by atoms with van der Waals surface area (Å²) in [5.41, 5.74) is 3.08. The molecule has 0 bridgehead atoms. The Morgan fingerprint density at radius 1 is 0.947 bits per heavy atom. The predicted molar refractivity (Wildman–Crippen MR) is 149 cm³/mol. The van der Waals surface area contributed by atoms with E-state index in [1.165, 1.54) is 10.4 Å². The lowest BCUT2D eigenvalue weighted by Crippen LogP contribution is -2.47. The second kappa shape index (κ2) is 10.5. The Kier molecular flexibility index (Phi) is 7.40. The first-order valence-corrected chi connectivity index (χ1v) is 15.1. The molecule has 0 aromatic heterocycles. The molecule has 6 nitrogen and oxygen atoms in total. The summed E-state index contributed by atoms with van der Waals surface area (Å²) in [5.74, 6) is -0.187. The third-order valence-electron chi connectivity index (χ3n) is 8.25. The third-order valence-corrected chi connectivity index (χ3v) is 10.6. The van der Waals surface area contributed by atoms with E-state index in [4.69, 9.17) is 0 Å². The van der Waals surface area contributed by atoms with Crippen molar-refractivity contribution in [2.75, 3.05) is 31.1 Å². The zero-order chi connectivity index (χ0) is 27.1. The van der Waals surface area contributed by atoms with Crippen molar-refractivity contribution in [2.24, 2.45) is 5.41 Å². The second-order valence-electron chi connectivity index (χ2n) is 11.8. The molecular formula is C30H38FN3O3S. The predicted octanol–water partition coefficient (Wildman–Crippen LogP) is 5.28. The molecule has 2 heterocycles. The molecular weight excluding hydrogens is 501 g/mol. The number of benzene rings is 2. The van der Waals surface area contributed by atoms with E-state index < -0.39 is 15.3 Å². The maximum Gasteiger partial charge on any atom is 0.221 e. The minimum absolute atomic E-state index is 0.0162. The lowest BCUT2D eigenvalue weighted by atomic mass is 9.78. The first-order chi connectivity index (χ1) is 18.0. The number of allylic oxidation sites excluding steroid dienone is 2. The Labute approximate surface area is 226 Å². The number of halogens is 1. The summed E-state index contributed by atoms with van der Waals surface area (Å²) < 4.78 is 43.9. The number of rotatable bonds is 5. The Morgan fingerprint density at radius 2 is 1.63 bits per heavy atom. The van der Waals surface area contributed by atoms with E-state index in [0.29, 0.717) is 18.4 Å². The second-order valence-corrected chi connectivity index (χ2v) is 13.9. The van der Waals surface area contributed by atoms with Gasteiger partial charge >= 0.3 is 0 Å². The SMILES string of the molecule is C[C@H]1CCC(c2ccccc2)S(=O)(=O)N1Cc1ccc(N2CCN(C3=CC(=O)CC(C)(C)C3)CC2)cc1F. The lowest BCUT2D eigenvalue weighted by Gasteiger charge is -2.41. The molecule has 1 unspecified atom stereocenters. The Morgan fingerprint density at radius 3 is 2.29 bits per heavy atom. The van der Waals surface area contributed by atoms with Crippen LogP contribution in [0, 0.1) is 11.2 Å². The highest BCUT2D eigenvalue weighted by Gasteiger charge is 2.40. The molecule has 2 aliphatic heterocycles. The summed E-state index contributed by atoms with van der Waals surface area (Å²) in [7, 11) is -3.62. The molecule has 8 heteroatoms. The van der Waals surface area contributed by atoms with Crippen LogP contribution in [0.4, 0.5) is 10.1 Å². The van der Waals surface area contributed by atoms with E-state index in [-0.39, 0.29) is 29.6 Å². The molecule has 38 heavy (non-hydrogen) atoms. The van der Waals surface area contributed by atoms with Gasteiger partial charge in [-0.15, -0.1) is 0 Å². The first-order valence-electron chi connectivity index (χ1n) is 13.6. The van der Waals surface area contributed by atoms with Crippen LogP contribution >= 0.6 is 0 Å². The van der Waals surface area contributed by atoms with Crippen molar-refractivity contribution >= 4 is 21.5 Å². The molecule has 0 radical (unpaired) electrons. The molecule has 5 rings (SSSR count). The number of carbonyl (C=O) groups excluding carboxylic acids is 1. The molecule has 0 spiro atoms. The first kappa shape index (κ1) is 26.9.